The minimum absolute atomic E-state index is 0.149. The summed E-state index contributed by atoms with van der Waals surface area (Å²) >= 11 is 0. The molecule has 298 valence electrons. The highest BCUT2D eigenvalue weighted by atomic mass is 16.5. The zero-order valence-corrected chi connectivity index (χ0v) is 33.9. The first-order chi connectivity index (χ1) is 27.3. The molecule has 3 aromatic rings. The number of ether oxygens (including phenoxy) is 2. The molecule has 0 bridgehead atoms. The van der Waals surface area contributed by atoms with Crippen LogP contribution in [0.25, 0.3) is 11.1 Å². The third kappa shape index (κ3) is 8.95. The molecule has 4 fully saturated rings. The monoisotopic (exact) mass is 757 g/mol. The number of carbonyl (C=O) groups excluding carboxylic acids is 3. The first-order valence-corrected chi connectivity index (χ1v) is 22.4. The van der Waals surface area contributed by atoms with Gasteiger partial charge in [-0.05, 0) is 153 Å². The van der Waals surface area contributed by atoms with Crippen molar-refractivity contribution in [1.29, 1.82) is 0 Å². The van der Waals surface area contributed by atoms with Crippen molar-refractivity contribution in [3.8, 4) is 22.6 Å². The standard InChI is InChI=1S/C50H63NO5/c1-3-32-9-13-34(14-10-32)36-17-21-38(22-18-36)49(53)55-44-29-43(51-48(52)42-26-25-41-27-40-7-5-6-8-46(40)47(41)28-42)30-45(31-44)56-50(54)39-23-19-37(20-24-39)35-15-11-33(4-2)12-16-35/h5-8,25-26,28-39H,3-4,9-24,27H2,1-2H3,(H,51,52). The van der Waals surface area contributed by atoms with Crippen LogP contribution in [0, 0.1) is 47.3 Å². The Morgan fingerprint density at radius 1 is 0.536 bits per heavy atom. The second-order valence-corrected chi connectivity index (χ2v) is 18.3. The molecule has 56 heavy (non-hydrogen) atoms. The highest BCUT2D eigenvalue weighted by Gasteiger charge is 2.35. The van der Waals surface area contributed by atoms with Gasteiger partial charge in [-0.3, -0.25) is 14.4 Å². The third-order valence-electron chi connectivity index (χ3n) is 15.1. The van der Waals surface area contributed by atoms with Crippen LogP contribution in [0.5, 0.6) is 11.5 Å². The lowest BCUT2D eigenvalue weighted by atomic mass is 9.69. The normalized spacial score (nSPS) is 28.8. The van der Waals surface area contributed by atoms with Crippen molar-refractivity contribution in [2.75, 3.05) is 5.32 Å². The molecule has 5 aliphatic rings. The maximum Gasteiger partial charge on any atom is 0.314 e. The van der Waals surface area contributed by atoms with E-state index >= 15 is 0 Å². The van der Waals surface area contributed by atoms with Crippen LogP contribution < -0.4 is 14.8 Å². The first-order valence-electron chi connectivity index (χ1n) is 22.4. The van der Waals surface area contributed by atoms with E-state index in [1.807, 2.05) is 24.3 Å². The Bertz CT molecular complexity index is 1770. The van der Waals surface area contributed by atoms with E-state index in [1.54, 1.807) is 18.2 Å². The van der Waals surface area contributed by atoms with Crippen LogP contribution in [0.4, 0.5) is 5.69 Å². The highest BCUT2D eigenvalue weighted by molar-refractivity contribution is 6.05. The zero-order chi connectivity index (χ0) is 38.6. The summed E-state index contributed by atoms with van der Waals surface area (Å²) in [7, 11) is 0. The van der Waals surface area contributed by atoms with E-state index in [2.05, 4.69) is 37.4 Å². The van der Waals surface area contributed by atoms with E-state index in [0.29, 0.717) is 34.6 Å². The molecule has 4 saturated carbocycles. The smallest absolute Gasteiger partial charge is 0.314 e. The number of rotatable bonds is 10. The fraction of sp³-hybridized carbons (Fsp3) is 0.580. The van der Waals surface area contributed by atoms with Gasteiger partial charge in [0.15, 0.2) is 0 Å². The lowest BCUT2D eigenvalue weighted by molar-refractivity contribution is -0.140. The van der Waals surface area contributed by atoms with Crippen molar-refractivity contribution in [1.82, 2.24) is 0 Å². The summed E-state index contributed by atoms with van der Waals surface area (Å²) in [5, 5.41) is 3.04. The van der Waals surface area contributed by atoms with Gasteiger partial charge in [0.05, 0.1) is 11.8 Å². The predicted octanol–water partition coefficient (Wildman–Crippen LogP) is 12.4. The Morgan fingerprint density at radius 2 is 1.00 bits per heavy atom. The summed E-state index contributed by atoms with van der Waals surface area (Å²) in [6, 6.07) is 19.2. The maximum atomic E-state index is 13.8. The Kier molecular flexibility index (Phi) is 12.3. The average molecular weight is 758 g/mol. The van der Waals surface area contributed by atoms with Gasteiger partial charge in [-0.25, -0.2) is 0 Å². The topological polar surface area (TPSA) is 81.7 Å². The fourth-order valence-electron chi connectivity index (χ4n) is 11.4. The van der Waals surface area contributed by atoms with Crippen LogP contribution in [0.15, 0.2) is 60.7 Å². The molecular weight excluding hydrogens is 695 g/mol. The maximum absolute atomic E-state index is 13.8. The largest absolute Gasteiger partial charge is 0.426 e. The van der Waals surface area contributed by atoms with E-state index in [1.165, 1.54) is 75.3 Å². The van der Waals surface area contributed by atoms with Crippen LogP contribution in [0.2, 0.25) is 0 Å². The lowest BCUT2D eigenvalue weighted by Gasteiger charge is -2.37. The molecule has 0 spiro atoms. The van der Waals surface area contributed by atoms with Gasteiger partial charge in [0.1, 0.15) is 11.5 Å². The van der Waals surface area contributed by atoms with Crippen molar-refractivity contribution >= 4 is 23.5 Å². The number of anilines is 1. The summed E-state index contributed by atoms with van der Waals surface area (Å²) in [6.07, 6.45) is 21.9. The summed E-state index contributed by atoms with van der Waals surface area (Å²) in [5.74, 6) is 4.35. The Balaban J connectivity index is 0.936. The molecule has 8 rings (SSSR count). The fourth-order valence-corrected chi connectivity index (χ4v) is 11.4. The molecular formula is C50H63NO5. The number of hydrogen-bond donors (Lipinski definition) is 1. The van der Waals surface area contributed by atoms with E-state index in [-0.39, 0.29) is 29.7 Å². The van der Waals surface area contributed by atoms with Crippen LogP contribution in [0.1, 0.15) is 151 Å². The Hall–Kier alpha value is -3.93. The number of fused-ring (bicyclic) bond motifs is 3. The van der Waals surface area contributed by atoms with Crippen LogP contribution in [-0.4, -0.2) is 17.8 Å². The second kappa shape index (κ2) is 17.7. The summed E-state index contributed by atoms with van der Waals surface area (Å²) in [6.45, 7) is 4.63. The predicted molar refractivity (Wildman–Crippen MR) is 223 cm³/mol. The molecule has 0 aromatic heterocycles. The quantitative estimate of drug-likeness (QED) is 0.129. The summed E-state index contributed by atoms with van der Waals surface area (Å²) in [5.41, 5.74) is 5.69. The minimum Gasteiger partial charge on any atom is -0.426 e. The van der Waals surface area contributed by atoms with Crippen molar-refractivity contribution in [2.24, 2.45) is 47.3 Å². The van der Waals surface area contributed by atoms with Crippen LogP contribution >= 0.6 is 0 Å². The molecule has 0 atom stereocenters. The Morgan fingerprint density at radius 3 is 1.50 bits per heavy atom. The molecule has 1 amide bonds. The van der Waals surface area contributed by atoms with E-state index < -0.39 is 0 Å². The molecule has 0 unspecified atom stereocenters. The summed E-state index contributed by atoms with van der Waals surface area (Å²) < 4.78 is 12.1. The number of amides is 1. The minimum atomic E-state index is -0.268. The average Bonchev–Trinajstić information content (AvgIpc) is 3.62. The van der Waals surface area contributed by atoms with E-state index in [0.717, 1.165) is 92.6 Å². The van der Waals surface area contributed by atoms with Crippen molar-refractivity contribution in [3.63, 3.8) is 0 Å². The number of carbonyl (C=O) groups is 3. The van der Waals surface area contributed by atoms with Gasteiger partial charge in [-0.2, -0.15) is 0 Å². The van der Waals surface area contributed by atoms with E-state index in [4.69, 9.17) is 9.47 Å². The first kappa shape index (κ1) is 38.9. The number of benzene rings is 3. The van der Waals surface area contributed by atoms with Gasteiger partial charge in [0.2, 0.25) is 0 Å². The molecule has 0 aliphatic heterocycles. The number of esters is 2. The van der Waals surface area contributed by atoms with Crippen molar-refractivity contribution < 1.29 is 23.9 Å². The van der Waals surface area contributed by atoms with Crippen molar-refractivity contribution in [3.05, 3.63) is 77.4 Å². The second-order valence-electron chi connectivity index (χ2n) is 18.3. The third-order valence-corrected chi connectivity index (χ3v) is 15.1. The molecule has 5 aliphatic carbocycles. The number of nitrogens with one attached hydrogen (secondary N) is 1. The Labute approximate surface area is 334 Å². The van der Waals surface area contributed by atoms with Gasteiger partial charge in [0.25, 0.3) is 5.91 Å². The van der Waals surface area contributed by atoms with Crippen molar-refractivity contribution in [2.45, 2.75) is 136 Å². The van der Waals surface area contributed by atoms with Gasteiger partial charge in [-0.1, -0.05) is 82.7 Å². The molecule has 0 heterocycles. The molecule has 6 nitrogen and oxygen atoms in total. The van der Waals surface area contributed by atoms with Gasteiger partial charge >= 0.3 is 11.9 Å². The van der Waals surface area contributed by atoms with Crippen LogP contribution in [0.3, 0.4) is 0 Å². The molecule has 0 saturated heterocycles. The van der Waals surface area contributed by atoms with Crippen LogP contribution in [-0.2, 0) is 16.0 Å². The highest BCUT2D eigenvalue weighted by Crippen LogP contribution is 2.44. The number of hydrogen-bond acceptors (Lipinski definition) is 5. The zero-order valence-electron chi connectivity index (χ0n) is 33.9. The molecule has 1 N–H and O–H groups in total. The van der Waals surface area contributed by atoms with Gasteiger partial charge in [0, 0.05) is 29.4 Å². The van der Waals surface area contributed by atoms with Gasteiger partial charge in [-0.15, -0.1) is 0 Å². The van der Waals surface area contributed by atoms with Gasteiger partial charge < -0.3 is 14.8 Å². The lowest BCUT2D eigenvalue weighted by Crippen LogP contribution is -2.30. The van der Waals surface area contributed by atoms with E-state index in [9.17, 15) is 14.4 Å². The SMILES string of the molecule is CCC1CCC(C2CCC(C(=O)Oc3cc(NC(=O)c4ccc5c(c4)-c4ccccc4C5)cc(OC(=O)C4CCC(C5CCC(CC)CC5)CC4)c3)CC2)CC1. The molecule has 6 heteroatoms. The summed E-state index contributed by atoms with van der Waals surface area (Å²) in [4.78, 5) is 41.1. The molecule has 3 aromatic carbocycles. The molecule has 0 radical (unpaired) electrons.